The minimum Gasteiger partial charge on any atom is -0.494 e. The summed E-state index contributed by atoms with van der Waals surface area (Å²) in [5, 5.41) is 0.296. The van der Waals surface area contributed by atoms with Crippen molar-refractivity contribution in [3.8, 4) is 5.75 Å². The second-order valence-electron chi connectivity index (χ2n) is 5.80. The molecule has 0 aliphatic carbocycles. The number of ketones is 1. The lowest BCUT2D eigenvalue weighted by Crippen LogP contribution is -2.15. The normalized spacial score (nSPS) is 10.9. The lowest BCUT2D eigenvalue weighted by atomic mass is 10.1. The van der Waals surface area contributed by atoms with Crippen LogP contribution in [0.5, 0.6) is 5.75 Å². The van der Waals surface area contributed by atoms with E-state index in [9.17, 15) is 18.4 Å². The van der Waals surface area contributed by atoms with Crippen LogP contribution in [-0.4, -0.2) is 32.6 Å². The summed E-state index contributed by atoms with van der Waals surface area (Å²) in [7, 11) is 2.74. The van der Waals surface area contributed by atoms with Crippen LogP contribution in [0.1, 0.15) is 25.6 Å². The van der Waals surface area contributed by atoms with E-state index in [1.807, 2.05) is 0 Å². The molecule has 2 aromatic carbocycles. The first-order valence-electron chi connectivity index (χ1n) is 8.19. The zero-order chi connectivity index (χ0) is 20.3. The van der Waals surface area contributed by atoms with Gasteiger partial charge in [0, 0.05) is 28.3 Å². The number of methoxy groups -OCH3 is 2. The summed E-state index contributed by atoms with van der Waals surface area (Å²) in [5.74, 6) is -2.50. The van der Waals surface area contributed by atoms with E-state index in [4.69, 9.17) is 14.2 Å². The molecule has 1 aromatic heterocycles. The molecule has 0 radical (unpaired) electrons. The molecule has 0 N–H and O–H groups in total. The van der Waals surface area contributed by atoms with E-state index in [-0.39, 0.29) is 22.8 Å². The van der Waals surface area contributed by atoms with Gasteiger partial charge >= 0.3 is 5.97 Å². The van der Waals surface area contributed by atoms with Gasteiger partial charge < -0.3 is 14.2 Å². The molecule has 0 atom stereocenters. The average Bonchev–Trinajstić information content (AvgIpc) is 3.06. The van der Waals surface area contributed by atoms with Gasteiger partial charge in [0.2, 0.25) is 0 Å². The number of fused-ring (bicyclic) bond motifs is 1. The van der Waals surface area contributed by atoms with Crippen molar-refractivity contribution in [2.45, 2.75) is 6.61 Å². The van der Waals surface area contributed by atoms with Gasteiger partial charge in [-0.05, 0) is 30.3 Å². The highest BCUT2D eigenvalue weighted by Crippen LogP contribution is 2.34. The van der Waals surface area contributed by atoms with Crippen molar-refractivity contribution in [3.05, 3.63) is 64.0 Å². The van der Waals surface area contributed by atoms with E-state index in [1.165, 1.54) is 32.4 Å². The van der Waals surface area contributed by atoms with Crippen molar-refractivity contribution in [2.24, 2.45) is 0 Å². The standard InChI is InChI=1S/C20H16F2O5S/c1-25-9-12-18-13(21)4-3-5-17(18)28-19(12)20(24)27-10-15(23)11-6-7-16(26-2)14(22)8-11/h3-8H,9-10H2,1-2H3. The number of halogens is 2. The van der Waals surface area contributed by atoms with E-state index in [2.05, 4.69) is 0 Å². The summed E-state index contributed by atoms with van der Waals surface area (Å²) in [4.78, 5) is 24.9. The Balaban J connectivity index is 1.80. The number of carbonyl (C=O) groups excluding carboxylic acids is 2. The second-order valence-corrected chi connectivity index (χ2v) is 6.86. The van der Waals surface area contributed by atoms with Crippen LogP contribution >= 0.6 is 11.3 Å². The number of Topliss-reactive ketones (excluding diaryl/α,β-unsaturated/α-hetero) is 1. The lowest BCUT2D eigenvalue weighted by Gasteiger charge is -2.07. The smallest absolute Gasteiger partial charge is 0.349 e. The number of esters is 1. The lowest BCUT2D eigenvalue weighted by molar-refractivity contribution is 0.0476. The largest absolute Gasteiger partial charge is 0.494 e. The summed E-state index contributed by atoms with van der Waals surface area (Å²) in [5.41, 5.74) is 0.416. The molecular formula is C20H16F2O5S. The maximum absolute atomic E-state index is 14.2. The molecule has 0 fully saturated rings. The Bertz CT molecular complexity index is 1040. The van der Waals surface area contributed by atoms with Gasteiger partial charge in [-0.2, -0.15) is 0 Å². The molecule has 0 aliphatic rings. The minimum atomic E-state index is -0.769. The Hall–Kier alpha value is -2.84. The number of hydrogen-bond acceptors (Lipinski definition) is 6. The molecule has 0 unspecified atom stereocenters. The fraction of sp³-hybridized carbons (Fsp3) is 0.200. The Kier molecular flexibility index (Phi) is 6.01. The Labute approximate surface area is 163 Å². The number of hydrogen-bond donors (Lipinski definition) is 0. The van der Waals surface area contributed by atoms with Crippen LogP contribution in [0.25, 0.3) is 10.1 Å². The Morgan fingerprint density at radius 2 is 1.86 bits per heavy atom. The van der Waals surface area contributed by atoms with Crippen molar-refractivity contribution in [2.75, 3.05) is 20.8 Å². The fourth-order valence-electron chi connectivity index (χ4n) is 2.73. The van der Waals surface area contributed by atoms with E-state index < -0.39 is 30.0 Å². The molecule has 28 heavy (non-hydrogen) atoms. The molecule has 0 saturated heterocycles. The molecule has 0 bridgehead atoms. The molecule has 8 heteroatoms. The fourth-order valence-corrected chi connectivity index (χ4v) is 3.85. The predicted molar refractivity (Wildman–Crippen MR) is 100 cm³/mol. The molecule has 1 heterocycles. The van der Waals surface area contributed by atoms with Crippen LogP contribution < -0.4 is 4.74 Å². The van der Waals surface area contributed by atoms with Crippen LogP contribution in [0.4, 0.5) is 8.78 Å². The first-order valence-corrected chi connectivity index (χ1v) is 9.00. The molecule has 0 aliphatic heterocycles. The van der Waals surface area contributed by atoms with Crippen LogP contribution in [0.15, 0.2) is 36.4 Å². The van der Waals surface area contributed by atoms with Gasteiger partial charge in [0.05, 0.1) is 13.7 Å². The minimum absolute atomic E-state index is 0.00468. The van der Waals surface area contributed by atoms with Crippen LogP contribution in [0.3, 0.4) is 0 Å². The highest BCUT2D eigenvalue weighted by molar-refractivity contribution is 7.21. The molecule has 0 spiro atoms. The maximum Gasteiger partial charge on any atom is 0.349 e. The quantitative estimate of drug-likeness (QED) is 0.431. The van der Waals surface area contributed by atoms with Gasteiger partial charge in [0.1, 0.15) is 10.7 Å². The van der Waals surface area contributed by atoms with Crippen molar-refractivity contribution in [1.82, 2.24) is 0 Å². The van der Waals surface area contributed by atoms with Gasteiger partial charge in [0.25, 0.3) is 0 Å². The highest BCUT2D eigenvalue weighted by Gasteiger charge is 2.23. The van der Waals surface area contributed by atoms with E-state index in [1.54, 1.807) is 12.1 Å². The number of benzene rings is 2. The van der Waals surface area contributed by atoms with Crippen molar-refractivity contribution >= 4 is 33.2 Å². The van der Waals surface area contributed by atoms with E-state index in [0.29, 0.717) is 15.6 Å². The van der Waals surface area contributed by atoms with E-state index >= 15 is 0 Å². The third-order valence-electron chi connectivity index (χ3n) is 4.05. The first kappa shape index (κ1) is 19.9. The van der Waals surface area contributed by atoms with Gasteiger partial charge in [-0.15, -0.1) is 11.3 Å². The van der Waals surface area contributed by atoms with Crippen molar-refractivity contribution in [3.63, 3.8) is 0 Å². The second kappa shape index (κ2) is 8.45. The predicted octanol–water partition coefficient (Wildman–Crippen LogP) is 4.37. The third-order valence-corrected chi connectivity index (χ3v) is 5.22. The van der Waals surface area contributed by atoms with Gasteiger partial charge in [-0.25, -0.2) is 13.6 Å². The van der Waals surface area contributed by atoms with Crippen molar-refractivity contribution < 1.29 is 32.6 Å². The Morgan fingerprint density at radius 3 is 2.54 bits per heavy atom. The van der Waals surface area contributed by atoms with Crippen LogP contribution in [0.2, 0.25) is 0 Å². The summed E-state index contributed by atoms with van der Waals surface area (Å²) in [6, 6.07) is 8.23. The number of ether oxygens (including phenoxy) is 3. The monoisotopic (exact) mass is 406 g/mol. The number of thiophene rings is 1. The molecule has 146 valence electrons. The molecule has 0 amide bonds. The summed E-state index contributed by atoms with van der Waals surface area (Å²) < 4.78 is 43.5. The molecule has 5 nitrogen and oxygen atoms in total. The summed E-state index contributed by atoms with van der Waals surface area (Å²) in [6.45, 7) is -0.559. The molecule has 3 rings (SSSR count). The number of rotatable bonds is 7. The van der Waals surface area contributed by atoms with Gasteiger partial charge in [-0.1, -0.05) is 6.07 Å². The topological polar surface area (TPSA) is 61.8 Å². The maximum atomic E-state index is 14.2. The molecule has 3 aromatic rings. The first-order chi connectivity index (χ1) is 13.5. The van der Waals surface area contributed by atoms with Gasteiger partial charge in [-0.3, -0.25) is 4.79 Å². The van der Waals surface area contributed by atoms with E-state index in [0.717, 1.165) is 17.4 Å². The molecular weight excluding hydrogens is 390 g/mol. The average molecular weight is 406 g/mol. The zero-order valence-electron chi connectivity index (χ0n) is 15.1. The SMILES string of the molecule is COCc1c(C(=O)OCC(=O)c2ccc(OC)c(F)c2)sc2cccc(F)c12. The summed E-state index contributed by atoms with van der Waals surface area (Å²) in [6.07, 6.45) is 0. The van der Waals surface area contributed by atoms with Crippen LogP contribution in [-0.2, 0) is 16.1 Å². The molecule has 0 saturated carbocycles. The zero-order valence-corrected chi connectivity index (χ0v) is 15.9. The Morgan fingerprint density at radius 1 is 1.07 bits per heavy atom. The summed E-state index contributed by atoms with van der Waals surface area (Å²) >= 11 is 1.06. The van der Waals surface area contributed by atoms with Crippen LogP contribution in [0, 0.1) is 11.6 Å². The van der Waals surface area contributed by atoms with Gasteiger partial charge in [0.15, 0.2) is 24.0 Å². The highest BCUT2D eigenvalue weighted by atomic mass is 32.1. The van der Waals surface area contributed by atoms with Crippen molar-refractivity contribution in [1.29, 1.82) is 0 Å². The number of carbonyl (C=O) groups is 2. The third kappa shape index (κ3) is 3.88.